The van der Waals surface area contributed by atoms with Crippen molar-refractivity contribution in [3.05, 3.63) is 71.8 Å². The minimum absolute atomic E-state index is 0.721. The van der Waals surface area contributed by atoms with Crippen LogP contribution in [0.4, 0.5) is 0 Å². The summed E-state index contributed by atoms with van der Waals surface area (Å²) >= 11 is 0. The van der Waals surface area contributed by atoms with Crippen molar-refractivity contribution in [1.29, 1.82) is 0 Å². The van der Waals surface area contributed by atoms with Gasteiger partial charge in [0.2, 0.25) is 0 Å². The first-order chi connectivity index (χ1) is 10.1. The van der Waals surface area contributed by atoms with E-state index >= 15 is 0 Å². The Bertz CT molecular complexity index is 448. The van der Waals surface area contributed by atoms with E-state index in [1.54, 1.807) is 24.3 Å². The lowest BCUT2D eigenvalue weighted by Gasteiger charge is -2.18. The molecular weight excluding hydrogens is 291 g/mol. The summed E-state index contributed by atoms with van der Waals surface area (Å²) < 4.78 is 3.93. The molecule has 0 saturated heterocycles. The molecule has 2 atom stereocenters. The van der Waals surface area contributed by atoms with Crippen molar-refractivity contribution in [2.24, 2.45) is 0 Å². The van der Waals surface area contributed by atoms with Gasteiger partial charge in [0.15, 0.2) is 0 Å². The molecule has 6 heteroatoms. The van der Waals surface area contributed by atoms with Gasteiger partial charge in [-0.05, 0) is 11.1 Å². The van der Waals surface area contributed by atoms with Gasteiger partial charge in [-0.3, -0.25) is 0 Å². The second-order valence-electron chi connectivity index (χ2n) is 4.15. The smallest absolute Gasteiger partial charge is 0.326 e. The standard InChI is InChI=1S/C14H14O2.CH5O3P/c15-13(11-7-3-1-4-8-11)14(16)12-9-5-2-6-10-12;1-4-5(2)3/h1-10,13-16H;2-3H,1H3/t13-,14+;. The molecule has 0 aliphatic heterocycles. The lowest BCUT2D eigenvalue weighted by Crippen LogP contribution is -2.09. The van der Waals surface area contributed by atoms with E-state index in [1.165, 1.54) is 7.11 Å². The molecule has 0 bridgehead atoms. The van der Waals surface area contributed by atoms with Crippen LogP contribution < -0.4 is 0 Å². The number of benzene rings is 2. The zero-order valence-electron chi connectivity index (χ0n) is 11.6. The summed E-state index contributed by atoms with van der Waals surface area (Å²) in [5, 5.41) is 20.0. The van der Waals surface area contributed by atoms with Gasteiger partial charge in [0.1, 0.15) is 12.2 Å². The molecule has 0 fully saturated rings. The molecule has 2 rings (SSSR count). The maximum Gasteiger partial charge on any atom is 0.326 e. The van der Waals surface area contributed by atoms with Crippen LogP contribution in [-0.4, -0.2) is 27.1 Å². The maximum atomic E-state index is 9.99. The minimum atomic E-state index is -2.10. The van der Waals surface area contributed by atoms with Crippen LogP contribution in [0.2, 0.25) is 0 Å². The van der Waals surface area contributed by atoms with Crippen molar-refractivity contribution in [3.63, 3.8) is 0 Å². The molecule has 114 valence electrons. The molecule has 0 saturated carbocycles. The Morgan fingerprint density at radius 3 is 1.29 bits per heavy atom. The van der Waals surface area contributed by atoms with Crippen molar-refractivity contribution in [2.45, 2.75) is 12.2 Å². The van der Waals surface area contributed by atoms with Gasteiger partial charge in [-0.25, -0.2) is 0 Å². The fourth-order valence-electron chi connectivity index (χ4n) is 1.67. The summed E-state index contributed by atoms with van der Waals surface area (Å²) in [4.78, 5) is 15.5. The van der Waals surface area contributed by atoms with Crippen molar-refractivity contribution >= 4 is 8.60 Å². The highest BCUT2D eigenvalue weighted by Crippen LogP contribution is 2.27. The predicted molar refractivity (Wildman–Crippen MR) is 81.2 cm³/mol. The summed E-state index contributed by atoms with van der Waals surface area (Å²) in [6, 6.07) is 18.3. The van der Waals surface area contributed by atoms with E-state index in [0.717, 1.165) is 11.1 Å². The maximum absolute atomic E-state index is 9.99. The highest BCUT2D eigenvalue weighted by molar-refractivity contribution is 7.39. The zero-order valence-corrected chi connectivity index (χ0v) is 12.5. The molecular formula is C15H19O5P. The van der Waals surface area contributed by atoms with E-state index in [-0.39, 0.29) is 0 Å². The summed E-state index contributed by atoms with van der Waals surface area (Å²) in [5.74, 6) is 0. The molecule has 5 nitrogen and oxygen atoms in total. The highest BCUT2D eigenvalue weighted by Gasteiger charge is 2.19. The molecule has 2 aromatic carbocycles. The third kappa shape index (κ3) is 6.31. The quantitative estimate of drug-likeness (QED) is 0.651. The summed E-state index contributed by atoms with van der Waals surface area (Å²) in [6.07, 6.45) is -1.77. The highest BCUT2D eigenvalue weighted by atomic mass is 31.2. The van der Waals surface area contributed by atoms with Gasteiger partial charge < -0.3 is 24.5 Å². The third-order valence-electron chi connectivity index (χ3n) is 2.74. The van der Waals surface area contributed by atoms with Crippen molar-refractivity contribution in [1.82, 2.24) is 0 Å². The Morgan fingerprint density at radius 1 is 0.762 bits per heavy atom. The Morgan fingerprint density at radius 2 is 1.05 bits per heavy atom. The third-order valence-corrected chi connectivity index (χ3v) is 3.07. The normalized spacial score (nSPS) is 13.2. The van der Waals surface area contributed by atoms with E-state index in [0.29, 0.717) is 0 Å². The van der Waals surface area contributed by atoms with Gasteiger partial charge in [-0.2, -0.15) is 0 Å². The average Bonchev–Trinajstić information content (AvgIpc) is 2.55. The Balaban J connectivity index is 0.000000383. The Labute approximate surface area is 125 Å². The molecule has 0 aliphatic rings. The van der Waals surface area contributed by atoms with E-state index in [9.17, 15) is 10.2 Å². The largest absolute Gasteiger partial charge is 0.385 e. The molecule has 0 heterocycles. The predicted octanol–water partition coefficient (Wildman–Crippen LogP) is 2.30. The molecule has 4 N–H and O–H groups in total. The molecule has 2 aromatic rings. The Kier molecular flexibility index (Phi) is 8.08. The molecule has 0 amide bonds. The molecule has 0 aliphatic carbocycles. The molecule has 0 aromatic heterocycles. The van der Waals surface area contributed by atoms with Gasteiger partial charge in [-0.1, -0.05) is 60.7 Å². The monoisotopic (exact) mass is 310 g/mol. The van der Waals surface area contributed by atoms with Crippen LogP contribution in [0.15, 0.2) is 60.7 Å². The van der Waals surface area contributed by atoms with Crippen LogP contribution in [0.25, 0.3) is 0 Å². The first-order valence-electron chi connectivity index (χ1n) is 6.24. The first-order valence-corrected chi connectivity index (χ1v) is 7.40. The van der Waals surface area contributed by atoms with E-state index in [1.807, 2.05) is 36.4 Å². The van der Waals surface area contributed by atoms with Crippen molar-refractivity contribution < 1.29 is 24.5 Å². The molecule has 0 spiro atoms. The van der Waals surface area contributed by atoms with Gasteiger partial charge >= 0.3 is 8.60 Å². The van der Waals surface area contributed by atoms with E-state index < -0.39 is 20.8 Å². The number of hydrogen-bond donors (Lipinski definition) is 4. The van der Waals surface area contributed by atoms with Gasteiger partial charge in [0.25, 0.3) is 0 Å². The Hall–Kier alpha value is -1.33. The lowest BCUT2D eigenvalue weighted by molar-refractivity contribution is 0.0172. The number of rotatable bonds is 4. The second-order valence-corrected chi connectivity index (χ2v) is 5.02. The molecule has 21 heavy (non-hydrogen) atoms. The second kappa shape index (κ2) is 9.58. The van der Waals surface area contributed by atoms with E-state index in [4.69, 9.17) is 9.79 Å². The van der Waals surface area contributed by atoms with Crippen LogP contribution in [0, 0.1) is 0 Å². The average molecular weight is 310 g/mol. The number of hydrogen-bond acceptors (Lipinski definition) is 5. The van der Waals surface area contributed by atoms with Gasteiger partial charge in [0.05, 0.1) is 0 Å². The van der Waals surface area contributed by atoms with Crippen molar-refractivity contribution in [2.75, 3.05) is 7.11 Å². The fourth-order valence-corrected chi connectivity index (χ4v) is 1.67. The molecule has 0 radical (unpaired) electrons. The first kappa shape index (κ1) is 17.7. The summed E-state index contributed by atoms with van der Waals surface area (Å²) in [6.45, 7) is 0. The lowest BCUT2D eigenvalue weighted by atomic mass is 9.99. The van der Waals surface area contributed by atoms with Crippen LogP contribution in [0.1, 0.15) is 23.3 Å². The molecule has 0 unspecified atom stereocenters. The fraction of sp³-hybridized carbons (Fsp3) is 0.200. The summed E-state index contributed by atoms with van der Waals surface area (Å²) in [5.41, 5.74) is 1.44. The zero-order chi connectivity index (χ0) is 15.7. The number of aliphatic hydroxyl groups is 2. The van der Waals surface area contributed by atoms with Gasteiger partial charge in [-0.15, -0.1) is 0 Å². The summed E-state index contributed by atoms with van der Waals surface area (Å²) in [7, 11) is -0.870. The van der Waals surface area contributed by atoms with Crippen molar-refractivity contribution in [3.8, 4) is 0 Å². The van der Waals surface area contributed by atoms with Crippen LogP contribution in [-0.2, 0) is 4.52 Å². The topological polar surface area (TPSA) is 90.2 Å². The minimum Gasteiger partial charge on any atom is -0.385 e. The van der Waals surface area contributed by atoms with E-state index in [2.05, 4.69) is 4.52 Å². The number of aliphatic hydroxyl groups excluding tert-OH is 2. The van der Waals surface area contributed by atoms with Crippen LogP contribution >= 0.6 is 8.60 Å². The van der Waals surface area contributed by atoms with Gasteiger partial charge in [0, 0.05) is 7.11 Å². The van der Waals surface area contributed by atoms with Crippen LogP contribution in [0.3, 0.4) is 0 Å². The van der Waals surface area contributed by atoms with Crippen LogP contribution in [0.5, 0.6) is 0 Å². The SMILES string of the molecule is COP(O)O.O[C@H](c1ccccc1)[C@@H](O)c1ccccc1.